The van der Waals surface area contributed by atoms with Crippen molar-refractivity contribution < 1.29 is 14.5 Å². The summed E-state index contributed by atoms with van der Waals surface area (Å²) < 4.78 is 47.2. The Labute approximate surface area is 112 Å². The maximum absolute atomic E-state index is 13.3. The van der Waals surface area contributed by atoms with Crippen molar-refractivity contribution >= 4 is 21.5 Å². The highest BCUT2D eigenvalue weighted by Gasteiger charge is 2.08. The van der Waals surface area contributed by atoms with E-state index in [9.17, 15) is 13.2 Å². The van der Waals surface area contributed by atoms with Crippen molar-refractivity contribution in [1.29, 1.82) is 0 Å². The molecular formula is C14H8BrF3. The summed E-state index contributed by atoms with van der Waals surface area (Å²) >= 11 is 2.98. The largest absolute Gasteiger partial charge is 0.207 e. The predicted octanol–water partition coefficient (Wildman–Crippen LogP) is 4.93. The zero-order valence-electron chi connectivity index (χ0n) is 10.1. The second-order valence-corrected chi connectivity index (χ2v) is 4.54. The van der Waals surface area contributed by atoms with Crippen molar-refractivity contribution in [2.45, 2.75) is 0 Å². The van der Waals surface area contributed by atoms with Gasteiger partial charge in [-0.3, -0.25) is 0 Å². The zero-order valence-corrected chi connectivity index (χ0v) is 10.7. The van der Waals surface area contributed by atoms with Gasteiger partial charge in [0.05, 0.1) is 5.84 Å². The van der Waals surface area contributed by atoms with E-state index in [0.717, 1.165) is 18.2 Å². The normalized spacial score (nSPS) is 11.2. The summed E-state index contributed by atoms with van der Waals surface area (Å²) in [6.45, 7) is 3.73. The fraction of sp³-hybridized carbons (Fsp3) is 0. The van der Waals surface area contributed by atoms with Crippen LogP contribution in [-0.2, 0) is 0 Å². The number of hydrogen-bond acceptors (Lipinski definition) is 0. The molecule has 0 heterocycles. The number of benzene rings is 2. The van der Waals surface area contributed by atoms with Gasteiger partial charge < -0.3 is 0 Å². The first kappa shape index (κ1) is 11.5. The van der Waals surface area contributed by atoms with Crippen molar-refractivity contribution in [3.63, 3.8) is 0 Å². The van der Waals surface area contributed by atoms with Crippen LogP contribution in [-0.4, -0.2) is 0 Å². The van der Waals surface area contributed by atoms with Gasteiger partial charge in [-0.2, -0.15) is 0 Å². The lowest BCUT2D eigenvalue weighted by atomic mass is 9.99. The van der Waals surface area contributed by atoms with Crippen LogP contribution in [0, 0.1) is 17.5 Å². The highest BCUT2D eigenvalue weighted by atomic mass is 79.9. The van der Waals surface area contributed by atoms with Crippen molar-refractivity contribution in [3.8, 4) is 0 Å². The molecule has 0 aliphatic carbocycles. The molecule has 0 aliphatic rings. The quantitative estimate of drug-likeness (QED) is 0.737. The molecule has 0 saturated carbocycles. The van der Waals surface area contributed by atoms with E-state index in [-0.39, 0.29) is 16.1 Å². The third-order valence-electron chi connectivity index (χ3n) is 2.41. The van der Waals surface area contributed by atoms with Crippen LogP contribution in [0.3, 0.4) is 0 Å². The first-order chi connectivity index (χ1) is 8.88. The monoisotopic (exact) mass is 313 g/mol. The first-order valence-electron chi connectivity index (χ1n) is 5.50. The lowest BCUT2D eigenvalue weighted by Crippen LogP contribution is -1.91. The van der Waals surface area contributed by atoms with E-state index in [0.29, 0.717) is 11.1 Å². The third-order valence-corrected chi connectivity index (χ3v) is 2.98. The van der Waals surface area contributed by atoms with Gasteiger partial charge in [0.1, 0.15) is 17.5 Å². The van der Waals surface area contributed by atoms with E-state index in [1.807, 2.05) is 0 Å². The van der Waals surface area contributed by atoms with Crippen LogP contribution >= 0.6 is 15.9 Å². The molecule has 2 rings (SSSR count). The third kappa shape index (κ3) is 2.64. The van der Waals surface area contributed by atoms with Crippen LogP contribution in [0.2, 0.25) is 0 Å². The molecule has 0 saturated heterocycles. The lowest BCUT2D eigenvalue weighted by molar-refractivity contribution is 0.582. The van der Waals surface area contributed by atoms with Gasteiger partial charge in [-0.15, -0.1) is 0 Å². The van der Waals surface area contributed by atoms with Gasteiger partial charge in [0.25, 0.3) is 0 Å². The molecule has 92 valence electrons. The molecule has 0 nitrogen and oxygen atoms in total. The molecule has 0 aliphatic heterocycles. The van der Waals surface area contributed by atoms with Gasteiger partial charge in [-0.25, -0.2) is 13.2 Å². The highest BCUT2D eigenvalue weighted by Crippen LogP contribution is 2.26. The summed E-state index contributed by atoms with van der Waals surface area (Å²) in [7, 11) is 0. The van der Waals surface area contributed by atoms with Crippen molar-refractivity contribution in [2.24, 2.45) is 0 Å². The Balaban J connectivity index is 2.50. The summed E-state index contributed by atoms with van der Waals surface area (Å²) in [4.78, 5) is 0. The van der Waals surface area contributed by atoms with E-state index >= 15 is 0 Å². The van der Waals surface area contributed by atoms with Gasteiger partial charge in [-0.1, -0.05) is 12.6 Å². The average Bonchev–Trinajstić information content (AvgIpc) is 2.33. The van der Waals surface area contributed by atoms with Gasteiger partial charge in [0.2, 0.25) is 0 Å². The van der Waals surface area contributed by atoms with E-state index in [4.69, 9.17) is 1.37 Å². The minimum absolute atomic E-state index is 0.105. The topological polar surface area (TPSA) is 0 Å². The zero-order chi connectivity index (χ0) is 14.2. The molecule has 0 atom stereocenters. The Kier molecular flexibility index (Phi) is 3.19. The van der Waals surface area contributed by atoms with Gasteiger partial charge in [0.15, 0.2) is 0 Å². The van der Waals surface area contributed by atoms with E-state index in [1.165, 1.54) is 12.1 Å². The minimum atomic E-state index is -0.719. The van der Waals surface area contributed by atoms with Crippen LogP contribution in [0.4, 0.5) is 13.2 Å². The highest BCUT2D eigenvalue weighted by molar-refractivity contribution is 9.10. The molecule has 0 fully saturated rings. The Bertz CT molecular complexity index is 624. The Hall–Kier alpha value is -1.55. The van der Waals surface area contributed by atoms with E-state index < -0.39 is 17.5 Å². The number of rotatable bonds is 2. The molecule has 2 aromatic carbocycles. The second-order valence-electron chi connectivity index (χ2n) is 3.69. The van der Waals surface area contributed by atoms with Crippen molar-refractivity contribution in [3.05, 3.63) is 76.0 Å². The molecule has 0 bridgehead atoms. The first-order valence-corrected chi connectivity index (χ1v) is 5.79. The summed E-state index contributed by atoms with van der Waals surface area (Å²) in [6.07, 6.45) is 0. The Morgan fingerprint density at radius 2 is 1.67 bits per heavy atom. The Morgan fingerprint density at radius 1 is 1.06 bits per heavy atom. The summed E-state index contributed by atoms with van der Waals surface area (Å²) in [5, 5.41) is 0. The summed E-state index contributed by atoms with van der Waals surface area (Å²) in [5.74, 6) is -2.13. The number of hydrogen-bond donors (Lipinski definition) is 0. The summed E-state index contributed by atoms with van der Waals surface area (Å²) in [5.41, 5.74) is 0.978. The molecule has 18 heavy (non-hydrogen) atoms. The molecule has 0 unspecified atom stereocenters. The minimum Gasteiger partial charge on any atom is -0.207 e. The van der Waals surface area contributed by atoms with Gasteiger partial charge in [-0.05, 0) is 56.9 Å². The lowest BCUT2D eigenvalue weighted by Gasteiger charge is -2.08. The molecule has 0 N–H and O–H groups in total. The Morgan fingerprint density at radius 3 is 2.22 bits per heavy atom. The van der Waals surface area contributed by atoms with Crippen LogP contribution in [0.5, 0.6) is 0 Å². The summed E-state index contributed by atoms with van der Waals surface area (Å²) in [6, 6.07) is 5.37. The van der Waals surface area contributed by atoms with Crippen molar-refractivity contribution in [1.82, 2.24) is 0 Å². The predicted molar refractivity (Wildman–Crippen MR) is 68.6 cm³/mol. The van der Waals surface area contributed by atoms with Crippen LogP contribution < -0.4 is 0 Å². The molecule has 2 aromatic rings. The number of halogens is 4. The van der Waals surface area contributed by atoms with Crippen LogP contribution in [0.15, 0.2) is 47.4 Å². The van der Waals surface area contributed by atoms with E-state index in [2.05, 4.69) is 22.5 Å². The molecule has 0 amide bonds. The van der Waals surface area contributed by atoms with Gasteiger partial charge in [0, 0.05) is 6.07 Å². The molecule has 0 spiro atoms. The maximum atomic E-state index is 13.3. The molecule has 0 radical (unpaired) electrons. The van der Waals surface area contributed by atoms with E-state index in [1.54, 1.807) is 0 Å². The van der Waals surface area contributed by atoms with Crippen LogP contribution in [0.25, 0.3) is 5.57 Å². The standard InChI is InChI=1S/C14H8BrF3/c1-8(9-2-3-14(18)13(15)6-9)10-4-11(16)7-12(17)5-10/h2-7H,1H2/i3D. The molecule has 0 aromatic heterocycles. The average molecular weight is 314 g/mol. The fourth-order valence-electron chi connectivity index (χ4n) is 1.52. The van der Waals surface area contributed by atoms with Crippen LogP contribution in [0.1, 0.15) is 12.5 Å². The SMILES string of the molecule is [2H]c1cc(C(=C)c2cc(F)cc(F)c2)cc(Br)c1F. The van der Waals surface area contributed by atoms with Crippen molar-refractivity contribution in [2.75, 3.05) is 0 Å². The fourth-order valence-corrected chi connectivity index (χ4v) is 1.88. The second kappa shape index (κ2) is 4.98. The molecule has 4 heteroatoms. The molecular weight excluding hydrogens is 305 g/mol. The maximum Gasteiger partial charge on any atom is 0.137 e. The smallest absolute Gasteiger partial charge is 0.137 e. The van der Waals surface area contributed by atoms with Gasteiger partial charge >= 0.3 is 0 Å².